The summed E-state index contributed by atoms with van der Waals surface area (Å²) in [4.78, 5) is 10.7. The van der Waals surface area contributed by atoms with Crippen molar-refractivity contribution >= 4 is 23.3 Å². The molecule has 0 fully saturated rings. The second-order valence-corrected chi connectivity index (χ2v) is 5.42. The van der Waals surface area contributed by atoms with Gasteiger partial charge in [0.2, 0.25) is 0 Å². The van der Waals surface area contributed by atoms with Crippen LogP contribution >= 0.6 is 0 Å². The maximum Gasteiger partial charge on any atom is 0.311 e. The molecule has 3 aromatic rings. The van der Waals surface area contributed by atoms with E-state index in [1.807, 2.05) is 60.7 Å². The number of benzene rings is 3. The van der Waals surface area contributed by atoms with Gasteiger partial charge in [-0.25, -0.2) is 5.01 Å². The maximum absolute atomic E-state index is 11.2. The summed E-state index contributed by atoms with van der Waals surface area (Å²) in [6.07, 6.45) is 1.59. The van der Waals surface area contributed by atoms with Gasteiger partial charge in [0.15, 0.2) is 5.75 Å². The summed E-state index contributed by atoms with van der Waals surface area (Å²) < 4.78 is 5.03. The number of para-hydroxylation sites is 2. The van der Waals surface area contributed by atoms with Gasteiger partial charge >= 0.3 is 5.69 Å². The van der Waals surface area contributed by atoms with Gasteiger partial charge < -0.3 is 4.74 Å². The highest BCUT2D eigenvalue weighted by molar-refractivity contribution is 5.83. The maximum atomic E-state index is 11.2. The number of hydrogen-bond acceptors (Lipinski definition) is 5. The summed E-state index contributed by atoms with van der Waals surface area (Å²) in [5, 5.41) is 17.5. The minimum Gasteiger partial charge on any atom is -0.490 e. The summed E-state index contributed by atoms with van der Waals surface area (Å²) in [6, 6.07) is 24.1. The molecule has 130 valence electrons. The number of nitro benzene ring substituents is 1. The summed E-state index contributed by atoms with van der Waals surface area (Å²) >= 11 is 0. The Hall–Kier alpha value is -3.67. The summed E-state index contributed by atoms with van der Waals surface area (Å²) in [5.41, 5.74) is 2.28. The first-order valence-corrected chi connectivity index (χ1v) is 7.95. The molecule has 0 saturated carbocycles. The van der Waals surface area contributed by atoms with Gasteiger partial charge in [0.25, 0.3) is 0 Å². The van der Waals surface area contributed by atoms with Crippen LogP contribution in [0.5, 0.6) is 5.75 Å². The Labute approximate surface area is 151 Å². The largest absolute Gasteiger partial charge is 0.490 e. The van der Waals surface area contributed by atoms with E-state index in [2.05, 4.69) is 5.10 Å². The average molecular weight is 347 g/mol. The monoisotopic (exact) mass is 347 g/mol. The van der Waals surface area contributed by atoms with Crippen molar-refractivity contribution in [3.8, 4) is 5.75 Å². The highest BCUT2D eigenvalue weighted by Gasteiger charge is 2.15. The number of rotatable bonds is 6. The second-order valence-electron chi connectivity index (χ2n) is 5.42. The first-order chi connectivity index (χ1) is 12.7. The van der Waals surface area contributed by atoms with Gasteiger partial charge in [0, 0.05) is 11.6 Å². The number of methoxy groups -OCH3 is 1. The van der Waals surface area contributed by atoms with Gasteiger partial charge in [-0.3, -0.25) is 10.1 Å². The standard InChI is InChI=1S/C20H17N3O3/c1-26-20-13-12-16(14-19(20)23(24)25)15-21-22(17-8-4-2-5-9-17)18-10-6-3-7-11-18/h2-15H,1H3/b21-15-. The van der Waals surface area contributed by atoms with Crippen LogP contribution in [0, 0.1) is 10.1 Å². The number of hydrogen-bond donors (Lipinski definition) is 0. The van der Waals surface area contributed by atoms with Gasteiger partial charge in [-0.05, 0) is 36.4 Å². The predicted octanol–water partition coefficient (Wildman–Crippen LogP) is 4.78. The smallest absolute Gasteiger partial charge is 0.311 e. The zero-order valence-electron chi connectivity index (χ0n) is 14.1. The van der Waals surface area contributed by atoms with E-state index in [0.29, 0.717) is 5.56 Å². The number of anilines is 2. The molecule has 0 saturated heterocycles. The van der Waals surface area contributed by atoms with E-state index in [0.717, 1.165) is 11.4 Å². The van der Waals surface area contributed by atoms with Crippen LogP contribution in [0.25, 0.3) is 0 Å². The predicted molar refractivity (Wildman–Crippen MR) is 102 cm³/mol. The molecule has 6 nitrogen and oxygen atoms in total. The lowest BCUT2D eigenvalue weighted by Crippen LogP contribution is -2.09. The SMILES string of the molecule is COc1ccc(/C=N\N(c2ccccc2)c2ccccc2)cc1[N+](=O)[O-]. The third-order valence-corrected chi connectivity index (χ3v) is 3.72. The molecule has 0 aliphatic carbocycles. The molecule has 0 radical (unpaired) electrons. The van der Waals surface area contributed by atoms with Gasteiger partial charge in [-0.2, -0.15) is 5.10 Å². The highest BCUT2D eigenvalue weighted by Crippen LogP contribution is 2.28. The molecule has 0 unspecified atom stereocenters. The van der Waals surface area contributed by atoms with E-state index in [1.54, 1.807) is 23.4 Å². The number of nitrogens with zero attached hydrogens (tertiary/aromatic N) is 3. The third-order valence-electron chi connectivity index (χ3n) is 3.72. The molecular weight excluding hydrogens is 330 g/mol. The quantitative estimate of drug-likeness (QED) is 0.366. The van der Waals surface area contributed by atoms with E-state index in [9.17, 15) is 10.1 Å². The lowest BCUT2D eigenvalue weighted by Gasteiger charge is -2.19. The van der Waals surface area contributed by atoms with E-state index >= 15 is 0 Å². The molecule has 0 aliphatic heterocycles. The Bertz CT molecular complexity index is 873. The fraction of sp³-hybridized carbons (Fsp3) is 0.0500. The summed E-state index contributed by atoms with van der Waals surface area (Å²) in [6.45, 7) is 0. The zero-order valence-corrected chi connectivity index (χ0v) is 14.1. The zero-order chi connectivity index (χ0) is 18.4. The van der Waals surface area contributed by atoms with Crippen LogP contribution < -0.4 is 9.75 Å². The van der Waals surface area contributed by atoms with Crippen molar-refractivity contribution in [3.05, 3.63) is 94.5 Å². The molecule has 0 atom stereocenters. The van der Waals surface area contributed by atoms with Crippen LogP contribution in [0.3, 0.4) is 0 Å². The van der Waals surface area contributed by atoms with E-state index < -0.39 is 4.92 Å². The summed E-state index contributed by atoms with van der Waals surface area (Å²) in [7, 11) is 1.41. The first-order valence-electron chi connectivity index (χ1n) is 7.95. The van der Waals surface area contributed by atoms with Crippen molar-refractivity contribution in [1.82, 2.24) is 0 Å². The average Bonchev–Trinajstić information content (AvgIpc) is 2.69. The molecule has 0 amide bonds. The van der Waals surface area contributed by atoms with E-state index in [-0.39, 0.29) is 11.4 Å². The van der Waals surface area contributed by atoms with Crippen molar-refractivity contribution in [2.24, 2.45) is 5.10 Å². The van der Waals surface area contributed by atoms with Gasteiger partial charge in [-0.1, -0.05) is 36.4 Å². The normalized spacial score (nSPS) is 10.7. The lowest BCUT2D eigenvalue weighted by molar-refractivity contribution is -0.385. The molecule has 3 aromatic carbocycles. The fourth-order valence-electron chi connectivity index (χ4n) is 2.48. The number of hydrazone groups is 1. The molecule has 0 N–H and O–H groups in total. The van der Waals surface area contributed by atoms with Gasteiger partial charge in [0.1, 0.15) is 0 Å². The molecule has 6 heteroatoms. The Morgan fingerprint density at radius 1 is 0.962 bits per heavy atom. The van der Waals surface area contributed by atoms with Crippen molar-refractivity contribution in [2.45, 2.75) is 0 Å². The van der Waals surface area contributed by atoms with E-state index in [1.165, 1.54) is 13.2 Å². The fourth-order valence-corrected chi connectivity index (χ4v) is 2.48. The number of nitro groups is 1. The van der Waals surface area contributed by atoms with Crippen LogP contribution in [0.15, 0.2) is 84.0 Å². The Morgan fingerprint density at radius 2 is 1.54 bits per heavy atom. The second kappa shape index (κ2) is 7.94. The first kappa shape index (κ1) is 17.2. The Balaban J connectivity index is 1.97. The molecule has 0 spiro atoms. The molecule has 26 heavy (non-hydrogen) atoms. The van der Waals surface area contributed by atoms with Crippen molar-refractivity contribution in [1.29, 1.82) is 0 Å². The highest BCUT2D eigenvalue weighted by atomic mass is 16.6. The van der Waals surface area contributed by atoms with Crippen LogP contribution in [-0.4, -0.2) is 18.2 Å². The molecule has 0 aromatic heterocycles. The topological polar surface area (TPSA) is 68.0 Å². The molecule has 0 heterocycles. The molecular formula is C20H17N3O3. The third kappa shape index (κ3) is 3.87. The van der Waals surface area contributed by atoms with Crippen LogP contribution in [0.1, 0.15) is 5.56 Å². The van der Waals surface area contributed by atoms with Crippen LogP contribution in [0.2, 0.25) is 0 Å². The van der Waals surface area contributed by atoms with Crippen molar-refractivity contribution < 1.29 is 9.66 Å². The number of ether oxygens (including phenoxy) is 1. The van der Waals surface area contributed by atoms with Crippen molar-refractivity contribution in [2.75, 3.05) is 12.1 Å². The molecule has 0 aliphatic rings. The lowest BCUT2D eigenvalue weighted by atomic mass is 10.2. The van der Waals surface area contributed by atoms with Crippen molar-refractivity contribution in [3.63, 3.8) is 0 Å². The van der Waals surface area contributed by atoms with E-state index in [4.69, 9.17) is 4.74 Å². The van der Waals surface area contributed by atoms with Crippen LogP contribution in [0.4, 0.5) is 17.1 Å². The molecule has 0 bridgehead atoms. The Morgan fingerprint density at radius 3 is 2.04 bits per heavy atom. The summed E-state index contributed by atoms with van der Waals surface area (Å²) in [5.74, 6) is 0.218. The van der Waals surface area contributed by atoms with Gasteiger partial charge in [0.05, 0.1) is 29.6 Å². The Kier molecular flexibility index (Phi) is 5.24. The minimum atomic E-state index is -0.470. The molecule has 3 rings (SSSR count). The van der Waals surface area contributed by atoms with Crippen LogP contribution in [-0.2, 0) is 0 Å². The minimum absolute atomic E-state index is 0.0950. The van der Waals surface area contributed by atoms with Gasteiger partial charge in [-0.15, -0.1) is 0 Å².